The number of hydrogen-bond donors (Lipinski definition) is 2. The van der Waals surface area contributed by atoms with E-state index in [2.05, 4.69) is 25.6 Å². The molecule has 0 saturated heterocycles. The quantitative estimate of drug-likeness (QED) is 0.753. The van der Waals surface area contributed by atoms with Crippen LogP contribution in [0.15, 0.2) is 36.5 Å². The highest BCUT2D eigenvalue weighted by molar-refractivity contribution is 6.02. The Morgan fingerprint density at radius 1 is 1.38 bits per heavy atom. The van der Waals surface area contributed by atoms with Crippen LogP contribution in [0.2, 0.25) is 0 Å². The van der Waals surface area contributed by atoms with Gasteiger partial charge in [0.1, 0.15) is 17.3 Å². The summed E-state index contributed by atoms with van der Waals surface area (Å²) in [7, 11) is 0. The summed E-state index contributed by atoms with van der Waals surface area (Å²) in [6.07, 6.45) is 1.97. The second kappa shape index (κ2) is 6.61. The molecule has 0 spiro atoms. The first-order valence-corrected chi connectivity index (χ1v) is 7.53. The number of H-pyrrole nitrogens is 1. The smallest absolute Gasteiger partial charge is 0.276 e. The van der Waals surface area contributed by atoms with E-state index in [1.165, 1.54) is 12.1 Å². The van der Waals surface area contributed by atoms with Crippen LogP contribution in [0.1, 0.15) is 41.8 Å². The average Bonchev–Trinajstić information content (AvgIpc) is 3.16. The summed E-state index contributed by atoms with van der Waals surface area (Å²) in [6, 6.07) is 7.95. The molecule has 1 amide bonds. The van der Waals surface area contributed by atoms with Crippen molar-refractivity contribution in [1.82, 2.24) is 25.0 Å². The van der Waals surface area contributed by atoms with E-state index in [9.17, 15) is 9.18 Å². The van der Waals surface area contributed by atoms with Crippen LogP contribution >= 0.6 is 0 Å². The lowest BCUT2D eigenvalue weighted by atomic mass is 10.1. The van der Waals surface area contributed by atoms with Gasteiger partial charge in [0.2, 0.25) is 5.95 Å². The van der Waals surface area contributed by atoms with E-state index in [-0.39, 0.29) is 23.7 Å². The molecule has 2 aromatic heterocycles. The maximum Gasteiger partial charge on any atom is 0.276 e. The third-order valence-corrected chi connectivity index (χ3v) is 3.41. The number of carbonyl (C=O) groups is 1. The van der Waals surface area contributed by atoms with Gasteiger partial charge in [0.05, 0.1) is 0 Å². The molecule has 0 aliphatic carbocycles. The Morgan fingerprint density at radius 3 is 2.96 bits per heavy atom. The van der Waals surface area contributed by atoms with Gasteiger partial charge in [-0.1, -0.05) is 12.1 Å². The van der Waals surface area contributed by atoms with Gasteiger partial charge in [-0.25, -0.2) is 4.39 Å². The summed E-state index contributed by atoms with van der Waals surface area (Å²) in [4.78, 5) is 16.5. The van der Waals surface area contributed by atoms with Gasteiger partial charge in [-0.2, -0.15) is 10.1 Å². The van der Waals surface area contributed by atoms with E-state index in [1.54, 1.807) is 29.1 Å². The van der Waals surface area contributed by atoms with Gasteiger partial charge in [-0.15, -0.1) is 5.10 Å². The zero-order chi connectivity index (χ0) is 17.1. The molecule has 0 saturated carbocycles. The molecule has 3 aromatic rings. The zero-order valence-corrected chi connectivity index (χ0v) is 13.3. The van der Waals surface area contributed by atoms with E-state index >= 15 is 0 Å². The van der Waals surface area contributed by atoms with Crippen molar-refractivity contribution in [3.8, 4) is 0 Å². The minimum Gasteiger partial charge on any atom is -0.288 e. The maximum atomic E-state index is 13.2. The number of amides is 1. The molecule has 3 rings (SSSR count). The fourth-order valence-electron chi connectivity index (χ4n) is 2.34. The van der Waals surface area contributed by atoms with Crippen molar-refractivity contribution >= 4 is 11.9 Å². The molecule has 0 unspecified atom stereocenters. The second-order valence-corrected chi connectivity index (χ2v) is 5.62. The van der Waals surface area contributed by atoms with Crippen LogP contribution in [0, 0.1) is 5.82 Å². The summed E-state index contributed by atoms with van der Waals surface area (Å²) in [5.74, 6) is 0.0659. The van der Waals surface area contributed by atoms with Gasteiger partial charge in [0, 0.05) is 18.7 Å². The number of anilines is 1. The summed E-state index contributed by atoms with van der Waals surface area (Å²) in [5, 5.41) is 13.5. The van der Waals surface area contributed by atoms with Crippen molar-refractivity contribution in [2.75, 3.05) is 5.32 Å². The van der Waals surface area contributed by atoms with Gasteiger partial charge in [0.15, 0.2) is 0 Å². The Bertz CT molecular complexity index is 854. The second-order valence-electron chi connectivity index (χ2n) is 5.62. The summed E-state index contributed by atoms with van der Waals surface area (Å²) in [6.45, 7) is 3.88. The fraction of sp³-hybridized carbons (Fsp3) is 0.250. The predicted molar refractivity (Wildman–Crippen MR) is 86.2 cm³/mol. The highest BCUT2D eigenvalue weighted by atomic mass is 19.1. The fourth-order valence-corrected chi connectivity index (χ4v) is 2.34. The Balaban J connectivity index is 1.69. The highest BCUT2D eigenvalue weighted by Gasteiger charge is 2.16. The van der Waals surface area contributed by atoms with Crippen LogP contribution in [-0.2, 0) is 6.42 Å². The number of halogens is 1. The minimum absolute atomic E-state index is 0.0661. The molecule has 1 aromatic carbocycles. The van der Waals surface area contributed by atoms with E-state index in [0.29, 0.717) is 17.9 Å². The molecule has 0 aliphatic heterocycles. The summed E-state index contributed by atoms with van der Waals surface area (Å²) in [5.41, 5.74) is 1.20. The van der Waals surface area contributed by atoms with E-state index in [0.717, 1.165) is 5.56 Å². The number of hydrogen-bond acceptors (Lipinski definition) is 4. The van der Waals surface area contributed by atoms with Crippen molar-refractivity contribution in [2.24, 2.45) is 0 Å². The van der Waals surface area contributed by atoms with Crippen LogP contribution in [0.4, 0.5) is 10.3 Å². The molecule has 124 valence electrons. The van der Waals surface area contributed by atoms with Crippen molar-refractivity contribution in [1.29, 1.82) is 0 Å². The molecule has 0 aliphatic rings. The van der Waals surface area contributed by atoms with Crippen LogP contribution in [-0.4, -0.2) is 30.9 Å². The first kappa shape index (κ1) is 15.9. The number of carbonyl (C=O) groups excluding carboxylic acids is 1. The van der Waals surface area contributed by atoms with Crippen molar-refractivity contribution < 1.29 is 9.18 Å². The molecule has 2 heterocycles. The Morgan fingerprint density at radius 2 is 2.21 bits per heavy atom. The largest absolute Gasteiger partial charge is 0.288 e. The van der Waals surface area contributed by atoms with Crippen LogP contribution in [0.25, 0.3) is 0 Å². The van der Waals surface area contributed by atoms with E-state index in [4.69, 9.17) is 0 Å². The first-order valence-electron chi connectivity index (χ1n) is 7.53. The molecular weight excluding hydrogens is 311 g/mol. The Hall–Kier alpha value is -3.03. The molecular formula is C16H17FN6O. The number of nitrogens with one attached hydrogen (secondary N) is 2. The molecule has 0 bridgehead atoms. The van der Waals surface area contributed by atoms with E-state index < -0.39 is 0 Å². The molecule has 2 N–H and O–H groups in total. The van der Waals surface area contributed by atoms with Gasteiger partial charge in [-0.3, -0.25) is 19.9 Å². The molecule has 0 fully saturated rings. The first-order chi connectivity index (χ1) is 11.5. The number of nitrogens with zero attached hydrogens (tertiary/aromatic N) is 4. The maximum absolute atomic E-state index is 13.2. The normalized spacial score (nSPS) is 11.0. The van der Waals surface area contributed by atoms with Gasteiger partial charge in [-0.05, 0) is 37.6 Å². The van der Waals surface area contributed by atoms with Crippen LogP contribution in [0.3, 0.4) is 0 Å². The Kier molecular flexibility index (Phi) is 4.37. The molecule has 0 atom stereocenters. The van der Waals surface area contributed by atoms with Gasteiger partial charge >= 0.3 is 0 Å². The average molecular weight is 328 g/mol. The molecule has 0 radical (unpaired) electrons. The number of rotatable bonds is 5. The summed E-state index contributed by atoms with van der Waals surface area (Å²) < 4.78 is 14.8. The van der Waals surface area contributed by atoms with Crippen molar-refractivity contribution in [3.63, 3.8) is 0 Å². The predicted octanol–water partition coefficient (Wildman–Crippen LogP) is 2.56. The van der Waals surface area contributed by atoms with Gasteiger partial charge in [0.25, 0.3) is 5.91 Å². The lowest BCUT2D eigenvalue weighted by Crippen LogP contribution is -2.19. The topological polar surface area (TPSA) is 88.5 Å². The lowest BCUT2D eigenvalue weighted by molar-refractivity contribution is 0.101. The van der Waals surface area contributed by atoms with Crippen molar-refractivity contribution in [3.05, 3.63) is 59.4 Å². The SMILES string of the molecule is CC(C)n1nccc1C(=O)Nc1n[nH]c(Cc2cccc(F)c2)n1. The minimum atomic E-state index is -0.336. The molecule has 24 heavy (non-hydrogen) atoms. The number of aromatic amines is 1. The van der Waals surface area contributed by atoms with Crippen molar-refractivity contribution in [2.45, 2.75) is 26.3 Å². The highest BCUT2D eigenvalue weighted by Crippen LogP contribution is 2.12. The molecule has 8 heteroatoms. The lowest BCUT2D eigenvalue weighted by Gasteiger charge is -2.09. The number of benzene rings is 1. The zero-order valence-electron chi connectivity index (χ0n) is 13.3. The third kappa shape index (κ3) is 3.48. The number of aromatic nitrogens is 5. The summed E-state index contributed by atoms with van der Waals surface area (Å²) >= 11 is 0. The Labute approximate surface area is 137 Å². The molecule has 7 nitrogen and oxygen atoms in total. The van der Waals surface area contributed by atoms with Crippen LogP contribution in [0.5, 0.6) is 0 Å². The van der Waals surface area contributed by atoms with E-state index in [1.807, 2.05) is 13.8 Å². The standard InChI is InChI=1S/C16H17FN6O/c1-10(2)23-13(6-7-18-23)15(24)20-16-19-14(21-22-16)9-11-4-3-5-12(17)8-11/h3-8,10H,9H2,1-2H3,(H2,19,20,21,22,24). The third-order valence-electron chi connectivity index (χ3n) is 3.41. The van der Waals surface area contributed by atoms with Crippen LogP contribution < -0.4 is 5.32 Å². The monoisotopic (exact) mass is 328 g/mol. The van der Waals surface area contributed by atoms with Gasteiger partial charge < -0.3 is 0 Å².